The summed E-state index contributed by atoms with van der Waals surface area (Å²) in [6.45, 7) is 1.58. The second-order valence-electron chi connectivity index (χ2n) is 4.24. The smallest absolute Gasteiger partial charge is 0.355 e. The van der Waals surface area contributed by atoms with Crippen LogP contribution in [0.5, 0.6) is 0 Å². The largest absolute Gasteiger partial charge is 0.458 e. The summed E-state index contributed by atoms with van der Waals surface area (Å²) in [5, 5.41) is 9.04. The average Bonchev–Trinajstić information content (AvgIpc) is 2.98. The highest BCUT2D eigenvalue weighted by atomic mass is 16.5. The van der Waals surface area contributed by atoms with Gasteiger partial charge >= 0.3 is 5.97 Å². The van der Waals surface area contributed by atoms with Gasteiger partial charge in [-0.05, 0) is 25.8 Å². The van der Waals surface area contributed by atoms with Crippen LogP contribution in [0.1, 0.15) is 36.3 Å². The zero-order chi connectivity index (χ0) is 11.7. The monoisotopic (exact) mass is 224 g/mol. The summed E-state index contributed by atoms with van der Waals surface area (Å²) < 4.78 is 6.82. The van der Waals surface area contributed by atoms with Crippen LogP contribution in [0, 0.1) is 0 Å². The van der Waals surface area contributed by atoms with E-state index in [2.05, 4.69) is 0 Å². The molecule has 0 radical (unpaired) electrons. The van der Waals surface area contributed by atoms with E-state index in [0.717, 1.165) is 12.8 Å². The minimum absolute atomic E-state index is 0.00852. The fourth-order valence-corrected chi connectivity index (χ4v) is 1.59. The molecule has 88 valence electrons. The van der Waals surface area contributed by atoms with Crippen molar-refractivity contribution in [3.05, 3.63) is 18.0 Å². The van der Waals surface area contributed by atoms with Crippen molar-refractivity contribution in [3.63, 3.8) is 0 Å². The molecule has 1 aliphatic rings. The van der Waals surface area contributed by atoms with Crippen LogP contribution in [-0.2, 0) is 4.74 Å². The van der Waals surface area contributed by atoms with Gasteiger partial charge < -0.3 is 20.1 Å². The van der Waals surface area contributed by atoms with Crippen molar-refractivity contribution in [1.82, 2.24) is 4.57 Å². The molecule has 1 aliphatic carbocycles. The number of hydrogen-bond acceptors (Lipinski definition) is 4. The molecule has 0 aromatic carbocycles. The second kappa shape index (κ2) is 4.17. The van der Waals surface area contributed by atoms with Crippen molar-refractivity contribution in [1.29, 1.82) is 0 Å². The molecule has 0 bridgehead atoms. The number of carbonyl (C=O) groups is 1. The molecule has 5 nitrogen and oxygen atoms in total. The number of carbonyl (C=O) groups excluding carboxylic acids is 1. The molecule has 5 heteroatoms. The summed E-state index contributed by atoms with van der Waals surface area (Å²) >= 11 is 0. The number of ether oxygens (including phenoxy) is 1. The average molecular weight is 224 g/mol. The number of esters is 1. The lowest BCUT2D eigenvalue weighted by Crippen LogP contribution is -2.17. The first-order valence-electron chi connectivity index (χ1n) is 5.40. The summed E-state index contributed by atoms with van der Waals surface area (Å²) in [6.07, 6.45) is 3.26. The number of nitrogens with zero attached hydrogens (tertiary/aromatic N) is 1. The van der Waals surface area contributed by atoms with E-state index in [1.165, 1.54) is 0 Å². The Kier molecular flexibility index (Phi) is 2.87. The normalized spacial score (nSPS) is 17.1. The summed E-state index contributed by atoms with van der Waals surface area (Å²) in [6, 6.07) is 1.99. The number of aromatic nitrogens is 1. The Morgan fingerprint density at radius 2 is 2.44 bits per heavy atom. The van der Waals surface area contributed by atoms with Gasteiger partial charge in [0.1, 0.15) is 12.3 Å². The van der Waals surface area contributed by atoms with Gasteiger partial charge in [-0.2, -0.15) is 0 Å². The van der Waals surface area contributed by atoms with Crippen LogP contribution in [0.2, 0.25) is 0 Å². The lowest BCUT2D eigenvalue weighted by molar-refractivity contribution is 0.0285. The maximum Gasteiger partial charge on any atom is 0.355 e. The van der Waals surface area contributed by atoms with Gasteiger partial charge in [0.05, 0.1) is 11.8 Å². The van der Waals surface area contributed by atoms with E-state index >= 15 is 0 Å². The zero-order valence-corrected chi connectivity index (χ0v) is 9.22. The first kappa shape index (κ1) is 11.0. The Labute approximate surface area is 93.8 Å². The minimum atomic E-state index is -0.648. The van der Waals surface area contributed by atoms with Gasteiger partial charge in [-0.1, -0.05) is 0 Å². The number of anilines is 1. The van der Waals surface area contributed by atoms with E-state index < -0.39 is 12.1 Å². The van der Waals surface area contributed by atoms with E-state index in [-0.39, 0.29) is 6.61 Å². The van der Waals surface area contributed by atoms with E-state index in [1.54, 1.807) is 19.2 Å². The molecule has 2 rings (SSSR count). The Bertz CT molecular complexity index is 394. The Balaban J connectivity index is 2.09. The third kappa shape index (κ3) is 2.36. The van der Waals surface area contributed by atoms with Crippen LogP contribution in [0.4, 0.5) is 5.69 Å². The highest BCUT2D eigenvalue weighted by Gasteiger charge is 2.28. The summed E-state index contributed by atoms with van der Waals surface area (Å²) in [5.41, 5.74) is 6.70. The van der Waals surface area contributed by atoms with Crippen LogP contribution >= 0.6 is 0 Å². The fourth-order valence-electron chi connectivity index (χ4n) is 1.59. The molecule has 0 aliphatic heterocycles. The molecule has 1 fully saturated rings. The van der Waals surface area contributed by atoms with Gasteiger partial charge in [0.2, 0.25) is 0 Å². The number of aliphatic hydroxyl groups excluding tert-OH is 1. The summed E-state index contributed by atoms with van der Waals surface area (Å²) in [4.78, 5) is 11.7. The number of aliphatic hydroxyl groups is 1. The lowest BCUT2D eigenvalue weighted by Gasteiger charge is -2.08. The fraction of sp³-hybridized carbons (Fsp3) is 0.545. The Morgan fingerprint density at radius 3 is 3.00 bits per heavy atom. The third-order valence-corrected chi connectivity index (χ3v) is 2.47. The first-order chi connectivity index (χ1) is 7.58. The number of hydrogen-bond donors (Lipinski definition) is 2. The molecule has 0 saturated heterocycles. The predicted molar refractivity (Wildman–Crippen MR) is 59.1 cm³/mol. The first-order valence-corrected chi connectivity index (χ1v) is 5.40. The number of nitrogens with two attached hydrogens (primary N) is 1. The lowest BCUT2D eigenvalue weighted by atomic mass is 10.4. The van der Waals surface area contributed by atoms with Crippen LogP contribution in [0.15, 0.2) is 12.3 Å². The molecule has 1 unspecified atom stereocenters. The van der Waals surface area contributed by atoms with E-state index in [4.69, 9.17) is 15.6 Å². The van der Waals surface area contributed by atoms with Crippen molar-refractivity contribution in [2.45, 2.75) is 31.9 Å². The van der Waals surface area contributed by atoms with Crippen LogP contribution in [-0.4, -0.2) is 28.4 Å². The van der Waals surface area contributed by atoms with Crippen molar-refractivity contribution in [2.75, 3.05) is 12.3 Å². The maximum absolute atomic E-state index is 11.7. The minimum Gasteiger partial charge on any atom is -0.458 e. The standard InChI is InChI=1S/C11H16N2O3/c1-7(14)6-16-11(15)10-4-8(12)5-13(10)9-2-3-9/h4-5,7,9,14H,2-3,6,12H2,1H3. The highest BCUT2D eigenvalue weighted by Crippen LogP contribution is 2.37. The molecule has 1 aromatic rings. The highest BCUT2D eigenvalue weighted by molar-refractivity contribution is 5.89. The molecule has 1 atom stereocenters. The molecule has 0 spiro atoms. The van der Waals surface area contributed by atoms with E-state index in [0.29, 0.717) is 17.4 Å². The zero-order valence-electron chi connectivity index (χ0n) is 9.22. The van der Waals surface area contributed by atoms with Crippen LogP contribution in [0.25, 0.3) is 0 Å². The number of nitrogen functional groups attached to an aromatic ring is 1. The molecule has 16 heavy (non-hydrogen) atoms. The molecular formula is C11H16N2O3. The summed E-state index contributed by atoms with van der Waals surface area (Å²) in [7, 11) is 0. The molecule has 3 N–H and O–H groups in total. The van der Waals surface area contributed by atoms with Gasteiger partial charge in [-0.25, -0.2) is 4.79 Å². The van der Waals surface area contributed by atoms with Crippen molar-refractivity contribution < 1.29 is 14.6 Å². The SMILES string of the molecule is CC(O)COC(=O)c1cc(N)cn1C1CC1. The van der Waals surface area contributed by atoms with Crippen molar-refractivity contribution >= 4 is 11.7 Å². The van der Waals surface area contributed by atoms with Crippen molar-refractivity contribution in [3.8, 4) is 0 Å². The molecule has 0 amide bonds. The Hall–Kier alpha value is -1.49. The maximum atomic E-state index is 11.7. The molecule has 1 heterocycles. The van der Waals surface area contributed by atoms with Gasteiger partial charge in [0, 0.05) is 12.2 Å². The van der Waals surface area contributed by atoms with Gasteiger partial charge in [0.15, 0.2) is 0 Å². The Morgan fingerprint density at radius 1 is 1.75 bits per heavy atom. The third-order valence-electron chi connectivity index (χ3n) is 2.47. The number of rotatable bonds is 4. The van der Waals surface area contributed by atoms with Gasteiger partial charge in [-0.3, -0.25) is 0 Å². The topological polar surface area (TPSA) is 77.5 Å². The molecule has 1 saturated carbocycles. The van der Waals surface area contributed by atoms with E-state index in [1.807, 2.05) is 4.57 Å². The molecule has 1 aromatic heterocycles. The van der Waals surface area contributed by atoms with Gasteiger partial charge in [-0.15, -0.1) is 0 Å². The van der Waals surface area contributed by atoms with Crippen LogP contribution in [0.3, 0.4) is 0 Å². The van der Waals surface area contributed by atoms with Crippen LogP contribution < -0.4 is 5.73 Å². The second-order valence-corrected chi connectivity index (χ2v) is 4.24. The quantitative estimate of drug-likeness (QED) is 0.746. The predicted octanol–water partition coefficient (Wildman–Crippen LogP) is 0.943. The van der Waals surface area contributed by atoms with Gasteiger partial charge in [0.25, 0.3) is 0 Å². The summed E-state index contributed by atoms with van der Waals surface area (Å²) in [5.74, 6) is -0.426. The van der Waals surface area contributed by atoms with E-state index in [9.17, 15) is 4.79 Å². The molecular weight excluding hydrogens is 208 g/mol. The van der Waals surface area contributed by atoms with Crippen molar-refractivity contribution in [2.24, 2.45) is 0 Å².